The van der Waals surface area contributed by atoms with E-state index in [-0.39, 0.29) is 26.2 Å². The molecule has 0 bridgehead atoms. The first-order chi connectivity index (χ1) is 13.4. The summed E-state index contributed by atoms with van der Waals surface area (Å²) in [5.41, 5.74) is -8.43. The standard InChI is InChI=1S/2C7H9.2CHF3O3S.Zr/c2*1-2-7-5-3-4-6-7;2*2-1(3,4)8(5,6)7;/h2*3-6H,2H2,1H3;2*(H,5,6,7);/q2*-1;;;+4/p-2. The van der Waals surface area contributed by atoms with Gasteiger partial charge in [0.05, 0.1) is 0 Å². The van der Waals surface area contributed by atoms with E-state index in [9.17, 15) is 26.3 Å². The first kappa shape index (κ1) is 34.6. The Hall–Kier alpha value is -1.02. The number of aryl methyl sites for hydroxylation is 2. The SMILES string of the molecule is CC[c-]1cccc1.CC[c-]1cccc1.O=S(=O)([O-])C(F)(F)F.O=S(=O)([O-])C(F)(F)F.[Zr+4]. The normalized spacial score (nSPS) is 11.4. The maximum Gasteiger partial charge on any atom is 4.00 e. The fraction of sp³-hybridized carbons (Fsp3) is 0.375. The van der Waals surface area contributed by atoms with Crippen LogP contribution in [-0.4, -0.2) is 37.0 Å². The van der Waals surface area contributed by atoms with Crippen LogP contribution in [0.25, 0.3) is 0 Å². The molecule has 31 heavy (non-hydrogen) atoms. The van der Waals surface area contributed by atoms with Gasteiger partial charge < -0.3 is 9.11 Å². The summed E-state index contributed by atoms with van der Waals surface area (Å²) >= 11 is 0. The van der Waals surface area contributed by atoms with Crippen molar-refractivity contribution in [3.8, 4) is 0 Å². The van der Waals surface area contributed by atoms with Crippen molar-refractivity contribution < 1.29 is 78.5 Å². The number of hydrogen-bond donors (Lipinski definition) is 0. The van der Waals surface area contributed by atoms with Crippen LogP contribution in [0, 0.1) is 0 Å². The fourth-order valence-electron chi connectivity index (χ4n) is 1.30. The quantitative estimate of drug-likeness (QED) is 0.231. The minimum absolute atomic E-state index is 0. The molecule has 0 heterocycles. The maximum atomic E-state index is 10.7. The summed E-state index contributed by atoms with van der Waals surface area (Å²) in [6, 6.07) is 16.8. The van der Waals surface area contributed by atoms with E-state index in [2.05, 4.69) is 62.4 Å². The summed E-state index contributed by atoms with van der Waals surface area (Å²) in [7, 11) is -12.2. The van der Waals surface area contributed by atoms with Gasteiger partial charge in [-0.25, -0.2) is 41.1 Å². The molecule has 15 heteroatoms. The molecule has 0 saturated heterocycles. The van der Waals surface area contributed by atoms with Gasteiger partial charge >= 0.3 is 37.2 Å². The van der Waals surface area contributed by atoms with Crippen molar-refractivity contribution in [3.05, 3.63) is 59.7 Å². The molecule has 6 nitrogen and oxygen atoms in total. The summed E-state index contributed by atoms with van der Waals surface area (Å²) in [5, 5.41) is 0. The molecule has 0 N–H and O–H groups in total. The predicted octanol–water partition coefficient (Wildman–Crippen LogP) is 4.04. The van der Waals surface area contributed by atoms with Crippen molar-refractivity contribution in [1.29, 1.82) is 0 Å². The van der Waals surface area contributed by atoms with Gasteiger partial charge in [0.1, 0.15) is 0 Å². The average molecular weight is 576 g/mol. The monoisotopic (exact) mass is 574 g/mol. The van der Waals surface area contributed by atoms with Crippen LogP contribution in [0.4, 0.5) is 26.3 Å². The van der Waals surface area contributed by atoms with E-state index in [0.717, 1.165) is 12.8 Å². The molecule has 176 valence electrons. The van der Waals surface area contributed by atoms with Crippen molar-refractivity contribution in [1.82, 2.24) is 0 Å². The van der Waals surface area contributed by atoms with E-state index in [0.29, 0.717) is 0 Å². The van der Waals surface area contributed by atoms with Crippen LogP contribution in [0.3, 0.4) is 0 Å². The van der Waals surface area contributed by atoms with Crippen LogP contribution in [0.1, 0.15) is 25.0 Å². The van der Waals surface area contributed by atoms with E-state index in [1.54, 1.807) is 0 Å². The zero-order valence-corrected chi connectivity index (χ0v) is 20.2. The Bertz CT molecular complexity index is 811. The third-order valence-electron chi connectivity index (χ3n) is 2.85. The molecular formula is C16H18F6O6S2Zr. The summed E-state index contributed by atoms with van der Waals surface area (Å²) in [5.74, 6) is 0. The molecule has 0 atom stereocenters. The molecule has 2 rings (SSSR count). The first-order valence-electron chi connectivity index (χ1n) is 7.82. The molecule has 0 aromatic heterocycles. The van der Waals surface area contributed by atoms with E-state index in [1.807, 2.05) is 0 Å². The van der Waals surface area contributed by atoms with Crippen LogP contribution in [0.5, 0.6) is 0 Å². The Morgan fingerprint density at radius 3 is 0.871 bits per heavy atom. The van der Waals surface area contributed by atoms with E-state index in [4.69, 9.17) is 25.9 Å². The van der Waals surface area contributed by atoms with Gasteiger partial charge in [0.15, 0.2) is 20.2 Å². The van der Waals surface area contributed by atoms with Crippen LogP contribution < -0.4 is 0 Å². The van der Waals surface area contributed by atoms with Crippen LogP contribution in [-0.2, 0) is 59.3 Å². The van der Waals surface area contributed by atoms with Gasteiger partial charge in [0, 0.05) is 0 Å². The topological polar surface area (TPSA) is 114 Å². The predicted molar refractivity (Wildman–Crippen MR) is 94.3 cm³/mol. The molecule has 0 aliphatic heterocycles. The van der Waals surface area contributed by atoms with Gasteiger partial charge in [0.2, 0.25) is 0 Å². The zero-order valence-electron chi connectivity index (χ0n) is 16.1. The van der Waals surface area contributed by atoms with Crippen molar-refractivity contribution in [2.45, 2.75) is 37.7 Å². The number of halogens is 6. The first-order valence-corrected chi connectivity index (χ1v) is 10.6. The Morgan fingerprint density at radius 1 is 0.645 bits per heavy atom. The van der Waals surface area contributed by atoms with Gasteiger partial charge in [-0.15, -0.1) is 0 Å². The zero-order chi connectivity index (χ0) is 24.2. The molecule has 0 aliphatic rings. The minimum atomic E-state index is -6.09. The number of alkyl halides is 6. The van der Waals surface area contributed by atoms with Gasteiger partial charge in [-0.2, -0.15) is 61.7 Å². The fourth-order valence-corrected chi connectivity index (χ4v) is 1.30. The molecule has 0 saturated carbocycles. The smallest absolute Gasteiger partial charge is 0.741 e. The Kier molecular flexibility index (Phi) is 16.7. The largest absolute Gasteiger partial charge is 4.00 e. The van der Waals surface area contributed by atoms with Crippen molar-refractivity contribution in [3.63, 3.8) is 0 Å². The third kappa shape index (κ3) is 17.2. The second-order valence-corrected chi connectivity index (χ2v) is 7.84. The maximum absolute atomic E-state index is 10.7. The molecule has 0 unspecified atom stereocenters. The molecule has 2 aromatic carbocycles. The van der Waals surface area contributed by atoms with Crippen LogP contribution in [0.2, 0.25) is 0 Å². The molecule has 0 radical (unpaired) electrons. The van der Waals surface area contributed by atoms with Crippen LogP contribution >= 0.6 is 0 Å². The van der Waals surface area contributed by atoms with Crippen molar-refractivity contribution >= 4 is 20.2 Å². The average Bonchev–Trinajstić information content (AvgIpc) is 3.26. The summed E-state index contributed by atoms with van der Waals surface area (Å²) in [6.07, 6.45) is 2.32. The Labute approximate surface area is 195 Å². The molecule has 2 aromatic rings. The number of rotatable bonds is 2. The summed E-state index contributed by atoms with van der Waals surface area (Å²) < 4.78 is 118. The van der Waals surface area contributed by atoms with Gasteiger partial charge in [-0.1, -0.05) is 26.7 Å². The van der Waals surface area contributed by atoms with Crippen molar-refractivity contribution in [2.75, 3.05) is 0 Å². The molecule has 0 fully saturated rings. The third-order valence-corrected chi connectivity index (χ3v) is 3.98. The van der Waals surface area contributed by atoms with Gasteiger partial charge in [-0.05, 0) is 0 Å². The summed E-state index contributed by atoms with van der Waals surface area (Å²) in [4.78, 5) is 0. The molecule has 0 amide bonds. The second kappa shape index (κ2) is 14.9. The van der Waals surface area contributed by atoms with E-state index < -0.39 is 31.3 Å². The van der Waals surface area contributed by atoms with Gasteiger partial charge in [0.25, 0.3) is 0 Å². The van der Waals surface area contributed by atoms with Crippen LogP contribution in [0.15, 0.2) is 48.5 Å². The molecule has 0 spiro atoms. The minimum Gasteiger partial charge on any atom is -0.741 e. The van der Waals surface area contributed by atoms with E-state index in [1.165, 1.54) is 11.1 Å². The van der Waals surface area contributed by atoms with Gasteiger partial charge in [-0.3, -0.25) is 0 Å². The Morgan fingerprint density at radius 2 is 0.806 bits per heavy atom. The Balaban J connectivity index is -0.000000334. The molecule has 0 aliphatic carbocycles. The molecular weight excluding hydrogens is 558 g/mol. The van der Waals surface area contributed by atoms with Crippen molar-refractivity contribution in [2.24, 2.45) is 0 Å². The number of hydrogen-bond acceptors (Lipinski definition) is 6. The second-order valence-electron chi connectivity index (χ2n) is 5.09. The summed E-state index contributed by atoms with van der Waals surface area (Å²) in [6.45, 7) is 4.32. The van der Waals surface area contributed by atoms with E-state index >= 15 is 0 Å².